The van der Waals surface area contributed by atoms with Crippen LogP contribution in [0.25, 0.3) is 0 Å². The van der Waals surface area contributed by atoms with Crippen LogP contribution in [0.2, 0.25) is 0 Å². The molecule has 1 aliphatic rings. The number of rotatable bonds is 4. The summed E-state index contributed by atoms with van der Waals surface area (Å²) < 4.78 is 14.3. The molecule has 0 saturated carbocycles. The van der Waals surface area contributed by atoms with Crippen molar-refractivity contribution in [1.29, 1.82) is 0 Å². The fourth-order valence-corrected chi connectivity index (χ4v) is 3.28. The first-order chi connectivity index (χ1) is 9.49. The summed E-state index contributed by atoms with van der Waals surface area (Å²) in [6, 6.07) is 6.17. The molecule has 2 nitrogen and oxygen atoms in total. The lowest BCUT2D eigenvalue weighted by molar-refractivity contribution is 0.111. The molecule has 3 atom stereocenters. The van der Waals surface area contributed by atoms with Crippen molar-refractivity contribution in [1.82, 2.24) is 10.2 Å². The Morgan fingerprint density at radius 1 is 1.45 bits per heavy atom. The summed E-state index contributed by atoms with van der Waals surface area (Å²) >= 11 is 3.37. The smallest absolute Gasteiger partial charge is 0.124 e. The Labute approximate surface area is 129 Å². The van der Waals surface area contributed by atoms with Gasteiger partial charge >= 0.3 is 0 Å². The van der Waals surface area contributed by atoms with Crippen molar-refractivity contribution in [2.45, 2.75) is 45.8 Å². The second-order valence-corrected chi connectivity index (χ2v) is 6.87. The van der Waals surface area contributed by atoms with E-state index in [2.05, 4.69) is 46.9 Å². The summed E-state index contributed by atoms with van der Waals surface area (Å²) in [5.74, 6) is 0.500. The van der Waals surface area contributed by atoms with E-state index >= 15 is 0 Å². The van der Waals surface area contributed by atoms with Crippen molar-refractivity contribution in [2.24, 2.45) is 5.92 Å². The van der Waals surface area contributed by atoms with E-state index in [-0.39, 0.29) is 5.82 Å². The van der Waals surface area contributed by atoms with Crippen LogP contribution in [0.3, 0.4) is 0 Å². The lowest BCUT2D eigenvalue weighted by atomic mass is 9.95. The summed E-state index contributed by atoms with van der Waals surface area (Å²) in [6.45, 7) is 9.61. The van der Waals surface area contributed by atoms with Crippen LogP contribution in [0.1, 0.15) is 32.8 Å². The van der Waals surface area contributed by atoms with E-state index in [1.807, 2.05) is 6.07 Å². The zero-order valence-electron chi connectivity index (χ0n) is 12.5. The van der Waals surface area contributed by atoms with E-state index in [0.29, 0.717) is 18.0 Å². The first-order valence-corrected chi connectivity index (χ1v) is 8.21. The van der Waals surface area contributed by atoms with Gasteiger partial charge in [0.15, 0.2) is 0 Å². The Morgan fingerprint density at radius 3 is 2.85 bits per heavy atom. The fraction of sp³-hybridized carbons (Fsp3) is 0.625. The molecule has 1 heterocycles. The van der Waals surface area contributed by atoms with Gasteiger partial charge in [-0.2, -0.15) is 0 Å². The Balaban J connectivity index is 2.06. The highest BCUT2D eigenvalue weighted by Crippen LogP contribution is 2.20. The lowest BCUT2D eigenvalue weighted by Crippen LogP contribution is -2.56. The molecule has 1 fully saturated rings. The minimum absolute atomic E-state index is 0.171. The largest absolute Gasteiger partial charge is 0.311 e. The molecule has 0 aliphatic carbocycles. The van der Waals surface area contributed by atoms with Crippen molar-refractivity contribution in [3.63, 3.8) is 0 Å². The van der Waals surface area contributed by atoms with E-state index in [1.54, 1.807) is 6.07 Å². The summed E-state index contributed by atoms with van der Waals surface area (Å²) in [5.41, 5.74) is 1.04. The van der Waals surface area contributed by atoms with Crippen LogP contribution >= 0.6 is 15.9 Å². The summed E-state index contributed by atoms with van der Waals surface area (Å²) in [7, 11) is 0. The Kier molecular flexibility index (Phi) is 5.58. The third-order valence-electron chi connectivity index (χ3n) is 4.37. The molecule has 1 aliphatic heterocycles. The van der Waals surface area contributed by atoms with Crippen LogP contribution in [0, 0.1) is 11.7 Å². The van der Waals surface area contributed by atoms with Gasteiger partial charge in [0.05, 0.1) is 0 Å². The lowest BCUT2D eigenvalue weighted by Gasteiger charge is -2.41. The van der Waals surface area contributed by atoms with Crippen LogP contribution in [0.5, 0.6) is 0 Å². The molecule has 4 heteroatoms. The molecule has 3 unspecified atom stereocenters. The average Bonchev–Trinajstić information content (AvgIpc) is 2.39. The van der Waals surface area contributed by atoms with E-state index < -0.39 is 0 Å². The standard InChI is InChI=1S/C16H24BrFN2/c1-4-11(2)16-10-20(12(3)8-19-16)9-13-5-14(17)7-15(18)6-13/h5-7,11-12,16,19H,4,8-10H2,1-3H3. The van der Waals surface area contributed by atoms with Crippen molar-refractivity contribution in [2.75, 3.05) is 13.1 Å². The molecule has 0 aromatic heterocycles. The third kappa shape index (κ3) is 4.03. The first kappa shape index (κ1) is 15.9. The predicted molar refractivity (Wildman–Crippen MR) is 85.2 cm³/mol. The van der Waals surface area contributed by atoms with Crippen LogP contribution in [-0.4, -0.2) is 30.1 Å². The van der Waals surface area contributed by atoms with Gasteiger partial charge in [-0.15, -0.1) is 0 Å². The average molecular weight is 343 g/mol. The number of halogens is 2. The number of hydrogen-bond acceptors (Lipinski definition) is 2. The van der Waals surface area contributed by atoms with E-state index in [9.17, 15) is 4.39 Å². The van der Waals surface area contributed by atoms with Crippen LogP contribution < -0.4 is 5.32 Å². The molecule has 20 heavy (non-hydrogen) atoms. The summed E-state index contributed by atoms with van der Waals surface area (Å²) in [5, 5.41) is 3.63. The molecule has 0 amide bonds. The van der Waals surface area contributed by atoms with Crippen LogP contribution in [-0.2, 0) is 6.54 Å². The maximum absolute atomic E-state index is 13.5. The van der Waals surface area contributed by atoms with E-state index in [1.165, 1.54) is 12.5 Å². The highest BCUT2D eigenvalue weighted by atomic mass is 79.9. The van der Waals surface area contributed by atoms with Crippen molar-refractivity contribution < 1.29 is 4.39 Å². The maximum Gasteiger partial charge on any atom is 0.124 e. The van der Waals surface area contributed by atoms with Crippen molar-refractivity contribution in [3.8, 4) is 0 Å². The molecule has 0 radical (unpaired) electrons. The SMILES string of the molecule is CCC(C)C1CN(Cc2cc(F)cc(Br)c2)C(C)CN1. The second kappa shape index (κ2) is 7.01. The number of nitrogens with zero attached hydrogens (tertiary/aromatic N) is 1. The fourth-order valence-electron chi connectivity index (χ4n) is 2.77. The second-order valence-electron chi connectivity index (χ2n) is 5.96. The van der Waals surface area contributed by atoms with Gasteiger partial charge in [-0.3, -0.25) is 4.90 Å². The highest BCUT2D eigenvalue weighted by molar-refractivity contribution is 9.10. The minimum atomic E-state index is -0.171. The zero-order valence-corrected chi connectivity index (χ0v) is 14.1. The normalized spacial score (nSPS) is 25.6. The molecule has 2 rings (SSSR count). The minimum Gasteiger partial charge on any atom is -0.311 e. The van der Waals surface area contributed by atoms with E-state index in [0.717, 1.165) is 29.7 Å². The maximum atomic E-state index is 13.5. The van der Waals surface area contributed by atoms with Gasteiger partial charge < -0.3 is 5.32 Å². The molecular formula is C16H24BrFN2. The molecule has 112 valence electrons. The Bertz CT molecular complexity index is 432. The van der Waals surface area contributed by atoms with Crippen LogP contribution in [0.15, 0.2) is 22.7 Å². The van der Waals surface area contributed by atoms with Crippen molar-refractivity contribution >= 4 is 15.9 Å². The Morgan fingerprint density at radius 2 is 2.20 bits per heavy atom. The van der Waals surface area contributed by atoms with Gasteiger partial charge in [-0.25, -0.2) is 4.39 Å². The number of hydrogen-bond donors (Lipinski definition) is 1. The molecule has 1 aromatic carbocycles. The number of nitrogens with one attached hydrogen (secondary N) is 1. The molecule has 0 bridgehead atoms. The van der Waals surface area contributed by atoms with Gasteiger partial charge in [0.2, 0.25) is 0 Å². The highest BCUT2D eigenvalue weighted by Gasteiger charge is 2.27. The summed E-state index contributed by atoms with van der Waals surface area (Å²) in [6.07, 6.45) is 1.19. The van der Waals surface area contributed by atoms with E-state index in [4.69, 9.17) is 0 Å². The first-order valence-electron chi connectivity index (χ1n) is 7.42. The molecule has 1 aromatic rings. The third-order valence-corrected chi connectivity index (χ3v) is 4.83. The monoisotopic (exact) mass is 342 g/mol. The Hall–Kier alpha value is -0.450. The number of benzene rings is 1. The molecule has 1 N–H and O–H groups in total. The predicted octanol–water partition coefficient (Wildman–Crippen LogP) is 3.80. The summed E-state index contributed by atoms with van der Waals surface area (Å²) in [4.78, 5) is 2.45. The van der Waals surface area contributed by atoms with Gasteiger partial charge in [-0.05, 0) is 36.6 Å². The van der Waals surface area contributed by atoms with Gasteiger partial charge in [-0.1, -0.05) is 36.2 Å². The molecular weight excluding hydrogens is 319 g/mol. The van der Waals surface area contributed by atoms with Gasteiger partial charge in [0.1, 0.15) is 5.82 Å². The van der Waals surface area contributed by atoms with Gasteiger partial charge in [0, 0.05) is 36.2 Å². The zero-order chi connectivity index (χ0) is 14.7. The van der Waals surface area contributed by atoms with Crippen molar-refractivity contribution in [3.05, 3.63) is 34.1 Å². The molecule has 1 saturated heterocycles. The molecule has 0 spiro atoms. The van der Waals surface area contributed by atoms with Crippen LogP contribution in [0.4, 0.5) is 4.39 Å². The quantitative estimate of drug-likeness (QED) is 0.895. The van der Waals surface area contributed by atoms with Gasteiger partial charge in [0.25, 0.3) is 0 Å². The topological polar surface area (TPSA) is 15.3 Å². The number of piperazine rings is 1.